The van der Waals surface area contributed by atoms with Crippen molar-refractivity contribution in [1.29, 1.82) is 0 Å². The fourth-order valence-corrected chi connectivity index (χ4v) is 6.09. The molecule has 1 aromatic carbocycles. The number of quaternary nitrogens is 1. The number of phosphoric acid groups is 1. The predicted molar refractivity (Wildman–Crippen MR) is 178 cm³/mol. The smallest absolute Gasteiger partial charge is 0.396 e. The van der Waals surface area contributed by atoms with Crippen LogP contribution in [-0.4, -0.2) is 65.7 Å². The molecule has 4 N–H and O–H groups in total. The summed E-state index contributed by atoms with van der Waals surface area (Å²) < 4.78 is 16.9. The number of carbonyl (C=O) groups excluding carboxylic acids is 1. The summed E-state index contributed by atoms with van der Waals surface area (Å²) in [4.78, 5) is 30.2. The Hall–Kier alpha value is -1.28. The summed E-state index contributed by atoms with van der Waals surface area (Å²) in [7, 11) is 1.60. The second-order valence-corrected chi connectivity index (χ2v) is 14.5. The summed E-state index contributed by atoms with van der Waals surface area (Å²) in [5, 5.41) is 11.7. The van der Waals surface area contributed by atoms with Crippen molar-refractivity contribution in [2.75, 3.05) is 39.6 Å². The molecule has 1 amide bonds. The van der Waals surface area contributed by atoms with Gasteiger partial charge in [0.2, 0.25) is 5.91 Å². The summed E-state index contributed by atoms with van der Waals surface area (Å²) in [5.74, 6) is 0.0127. The molecular weight excluding hydrogens is 563 g/mol. The van der Waals surface area contributed by atoms with Gasteiger partial charge in [0, 0.05) is 18.7 Å². The summed E-state index contributed by atoms with van der Waals surface area (Å²) in [6.07, 6.45) is 23.6. The predicted octanol–water partition coefficient (Wildman–Crippen LogP) is 8.15. The lowest BCUT2D eigenvalue weighted by Crippen LogP contribution is -2.42. The van der Waals surface area contributed by atoms with Gasteiger partial charge in [0.1, 0.15) is 12.6 Å². The zero-order valence-corrected chi connectivity index (χ0v) is 28.5. The Kier molecular flexibility index (Phi) is 22.2. The number of hydrogen-bond acceptors (Lipinski definition) is 4. The Morgan fingerprint density at radius 1 is 0.744 bits per heavy atom. The van der Waals surface area contributed by atoms with Crippen LogP contribution < -0.4 is 5.32 Å². The minimum Gasteiger partial charge on any atom is -0.396 e. The average molecular weight is 628 g/mol. The fraction of sp³-hybridized carbons (Fsp3) is 0.794. The van der Waals surface area contributed by atoms with Crippen molar-refractivity contribution in [2.45, 2.75) is 141 Å². The van der Waals surface area contributed by atoms with E-state index < -0.39 is 13.9 Å². The number of carbonyl (C=O) groups is 1. The van der Waals surface area contributed by atoms with Gasteiger partial charge >= 0.3 is 7.82 Å². The van der Waals surface area contributed by atoms with E-state index in [1.165, 1.54) is 95.5 Å². The van der Waals surface area contributed by atoms with Crippen molar-refractivity contribution in [3.8, 4) is 0 Å². The lowest BCUT2D eigenvalue weighted by Gasteiger charge is -2.29. The normalized spacial score (nSPS) is 12.9. The first-order chi connectivity index (χ1) is 20.5. The molecule has 0 aliphatic heterocycles. The zero-order chi connectivity index (χ0) is 31.8. The SMILES string of the molecule is C[N+](C)(C)CC(CCCCCCCCCCCCCCCCCCc1ccc(NC(=O)CCCCO)cc1)OP(=O)(O)O. The van der Waals surface area contributed by atoms with Crippen molar-refractivity contribution in [3.05, 3.63) is 29.8 Å². The van der Waals surface area contributed by atoms with E-state index in [4.69, 9.17) is 9.63 Å². The van der Waals surface area contributed by atoms with Gasteiger partial charge < -0.3 is 24.7 Å². The van der Waals surface area contributed by atoms with E-state index in [0.717, 1.165) is 31.4 Å². The molecule has 0 aliphatic carbocycles. The van der Waals surface area contributed by atoms with E-state index in [1.54, 1.807) is 0 Å². The fourth-order valence-electron chi connectivity index (χ4n) is 5.53. The van der Waals surface area contributed by atoms with Crippen LogP contribution >= 0.6 is 7.82 Å². The highest BCUT2D eigenvalue weighted by molar-refractivity contribution is 7.46. The summed E-state index contributed by atoms with van der Waals surface area (Å²) >= 11 is 0. The molecule has 1 rings (SSSR count). The number of nitrogens with one attached hydrogen (secondary N) is 1. The summed E-state index contributed by atoms with van der Waals surface area (Å²) in [5.41, 5.74) is 2.18. The molecule has 1 atom stereocenters. The van der Waals surface area contributed by atoms with Crippen molar-refractivity contribution in [2.24, 2.45) is 0 Å². The average Bonchev–Trinajstić information content (AvgIpc) is 2.91. The van der Waals surface area contributed by atoms with Crippen LogP contribution in [0, 0.1) is 0 Å². The van der Waals surface area contributed by atoms with Crippen LogP contribution in [0.2, 0.25) is 0 Å². The molecule has 250 valence electrons. The number of aryl methyl sites for hydroxylation is 1. The van der Waals surface area contributed by atoms with Gasteiger partial charge in [-0.1, -0.05) is 108 Å². The highest BCUT2D eigenvalue weighted by Gasteiger charge is 2.26. The molecule has 0 spiro atoms. The first kappa shape index (κ1) is 39.7. The van der Waals surface area contributed by atoms with Crippen molar-refractivity contribution in [1.82, 2.24) is 0 Å². The number of benzene rings is 1. The van der Waals surface area contributed by atoms with Crippen LogP contribution in [0.25, 0.3) is 0 Å². The van der Waals surface area contributed by atoms with Crippen molar-refractivity contribution in [3.63, 3.8) is 0 Å². The number of anilines is 1. The van der Waals surface area contributed by atoms with Crippen LogP contribution in [0.4, 0.5) is 5.69 Å². The highest BCUT2D eigenvalue weighted by atomic mass is 31.2. The Morgan fingerprint density at radius 3 is 1.65 bits per heavy atom. The Bertz CT molecular complexity index is 869. The van der Waals surface area contributed by atoms with Gasteiger partial charge in [0.25, 0.3) is 0 Å². The van der Waals surface area contributed by atoms with E-state index in [1.807, 2.05) is 33.3 Å². The van der Waals surface area contributed by atoms with Crippen LogP contribution in [0.15, 0.2) is 24.3 Å². The number of aliphatic hydroxyl groups excluding tert-OH is 1. The molecule has 0 radical (unpaired) electrons. The van der Waals surface area contributed by atoms with Crippen molar-refractivity contribution < 1.29 is 33.3 Å². The van der Waals surface area contributed by atoms with Gasteiger partial charge in [0.05, 0.1) is 21.1 Å². The molecule has 0 saturated carbocycles. The van der Waals surface area contributed by atoms with E-state index in [0.29, 0.717) is 30.3 Å². The van der Waals surface area contributed by atoms with Gasteiger partial charge in [-0.05, 0) is 49.8 Å². The maximum Gasteiger partial charge on any atom is 0.470 e. The van der Waals surface area contributed by atoms with Gasteiger partial charge in [-0.15, -0.1) is 0 Å². The molecule has 0 heterocycles. The Labute approximate surface area is 262 Å². The monoisotopic (exact) mass is 627 g/mol. The largest absolute Gasteiger partial charge is 0.470 e. The molecule has 1 unspecified atom stereocenters. The van der Waals surface area contributed by atoms with Crippen LogP contribution in [0.5, 0.6) is 0 Å². The highest BCUT2D eigenvalue weighted by Crippen LogP contribution is 2.39. The quantitative estimate of drug-likeness (QED) is 0.0423. The molecule has 0 saturated heterocycles. The first-order valence-corrected chi connectivity index (χ1v) is 18.6. The maximum atomic E-state index is 11.9. The lowest BCUT2D eigenvalue weighted by molar-refractivity contribution is -0.873. The maximum absolute atomic E-state index is 11.9. The van der Waals surface area contributed by atoms with Crippen LogP contribution in [0.3, 0.4) is 0 Å². The number of phosphoric ester groups is 1. The molecular formula is C34H64N2O6P+. The third kappa shape index (κ3) is 25.7. The van der Waals surface area contributed by atoms with Gasteiger partial charge in [-0.3, -0.25) is 9.32 Å². The molecule has 0 fully saturated rings. The van der Waals surface area contributed by atoms with E-state index in [-0.39, 0.29) is 12.5 Å². The number of aliphatic hydroxyl groups is 1. The molecule has 0 bridgehead atoms. The van der Waals surface area contributed by atoms with E-state index in [9.17, 15) is 19.1 Å². The standard InChI is InChI=1S/C34H63N2O6P/c1-36(2,3)30-33(42-43(39,40)41)23-19-17-15-13-11-9-7-5-4-6-8-10-12-14-16-18-22-31-25-27-32(28-26-31)35-34(38)24-20-21-29-37/h25-28,33,37H,4-24,29-30H2,1-3H3,(H2-,35,38,39,40,41)/p+1. The third-order valence-electron chi connectivity index (χ3n) is 7.83. The molecule has 9 heteroatoms. The van der Waals surface area contributed by atoms with Gasteiger partial charge in [-0.2, -0.15) is 0 Å². The number of likely N-dealkylation sites (N-methyl/N-ethyl adjacent to an activating group) is 1. The van der Waals surface area contributed by atoms with Crippen LogP contribution in [-0.2, 0) is 20.3 Å². The Morgan fingerprint density at radius 2 is 1.21 bits per heavy atom. The van der Waals surface area contributed by atoms with Gasteiger partial charge in [0.15, 0.2) is 0 Å². The number of rotatable bonds is 28. The van der Waals surface area contributed by atoms with Crippen molar-refractivity contribution >= 4 is 19.4 Å². The molecule has 0 aromatic heterocycles. The number of nitrogens with zero attached hydrogens (tertiary/aromatic N) is 1. The number of hydrogen-bond donors (Lipinski definition) is 4. The minimum atomic E-state index is -4.44. The van der Waals surface area contributed by atoms with Crippen LogP contribution in [0.1, 0.15) is 134 Å². The van der Waals surface area contributed by atoms with E-state index >= 15 is 0 Å². The summed E-state index contributed by atoms with van der Waals surface area (Å²) in [6.45, 7) is 0.735. The second kappa shape index (κ2) is 24.0. The lowest BCUT2D eigenvalue weighted by atomic mass is 10.0. The summed E-state index contributed by atoms with van der Waals surface area (Å²) in [6, 6.07) is 8.21. The minimum absolute atomic E-state index is 0.0127. The molecule has 1 aromatic rings. The van der Waals surface area contributed by atoms with E-state index in [2.05, 4.69) is 17.4 Å². The first-order valence-electron chi connectivity index (χ1n) is 17.0. The third-order valence-corrected chi connectivity index (χ3v) is 8.40. The molecule has 0 aliphatic rings. The van der Waals surface area contributed by atoms with Gasteiger partial charge in [-0.25, -0.2) is 4.57 Å². The number of amides is 1. The number of unbranched alkanes of at least 4 members (excludes halogenated alkanes) is 16. The second-order valence-electron chi connectivity index (χ2n) is 13.3. The Balaban J connectivity index is 1.90. The molecule has 8 nitrogen and oxygen atoms in total. The zero-order valence-electron chi connectivity index (χ0n) is 27.6. The topological polar surface area (TPSA) is 116 Å². The molecule has 43 heavy (non-hydrogen) atoms.